The summed E-state index contributed by atoms with van der Waals surface area (Å²) in [5, 5.41) is 35.2. The predicted octanol–water partition coefficient (Wildman–Crippen LogP) is 3.72. The Kier molecular flexibility index (Phi) is 17.9. The van der Waals surface area contributed by atoms with Crippen LogP contribution >= 0.6 is 11.3 Å². The lowest BCUT2D eigenvalue weighted by molar-refractivity contribution is -0.493. The second-order valence-corrected chi connectivity index (χ2v) is 11.1. The largest absolute Gasteiger partial charge is 0.460 e. The number of unbranched alkanes of at least 4 members (excludes halogenated alkanes) is 1. The van der Waals surface area contributed by atoms with Gasteiger partial charge in [-0.2, -0.15) is 0 Å². The molecule has 0 aliphatic carbocycles. The van der Waals surface area contributed by atoms with Gasteiger partial charge in [0.25, 0.3) is 0 Å². The number of imidazole rings is 1. The van der Waals surface area contributed by atoms with Crippen LogP contribution in [0.2, 0.25) is 0 Å². The van der Waals surface area contributed by atoms with Gasteiger partial charge in [0.05, 0.1) is 67.9 Å². The third-order valence-corrected chi connectivity index (χ3v) is 7.45. The Balaban J connectivity index is 1.67. The first-order valence-corrected chi connectivity index (χ1v) is 16.1. The van der Waals surface area contributed by atoms with Crippen molar-refractivity contribution >= 4 is 29.4 Å². The fraction of sp³-hybridized carbons (Fsp3) is 0.452. The summed E-state index contributed by atoms with van der Waals surface area (Å²) in [6.45, 7) is 2.75. The number of benzene rings is 1. The number of hydrogen-bond acceptors (Lipinski definition) is 16. The summed E-state index contributed by atoms with van der Waals surface area (Å²) in [5.41, 5.74) is 2.46. The molecule has 3 aromatic rings. The topological polar surface area (TPSA) is 195 Å². The smallest absolute Gasteiger partial charge is 0.338 e. The van der Waals surface area contributed by atoms with Gasteiger partial charge in [0, 0.05) is 29.8 Å². The average Bonchev–Trinajstić information content (AvgIpc) is 3.72. The Bertz CT molecular complexity index is 1380. The van der Waals surface area contributed by atoms with Gasteiger partial charge in [-0.3, -0.25) is 20.8 Å². The molecule has 0 saturated heterocycles. The zero-order valence-electron chi connectivity index (χ0n) is 26.6. The van der Waals surface area contributed by atoms with E-state index in [1.807, 2.05) is 34.2 Å². The van der Waals surface area contributed by atoms with Crippen molar-refractivity contribution < 1.29 is 59.0 Å². The molecule has 2 heterocycles. The SMILES string of the molecule is CCCCc1ncc(/C=C(\Cc2cccs2)C(=O)OCCOCCON(O)O)n1Cc1ccc(C(=O)OCCOCCON(O)O)cc1. The van der Waals surface area contributed by atoms with Crippen LogP contribution in [0.1, 0.15) is 52.1 Å². The predicted molar refractivity (Wildman–Crippen MR) is 168 cm³/mol. The van der Waals surface area contributed by atoms with Gasteiger partial charge in [0.15, 0.2) is 0 Å². The molecule has 0 amide bonds. The van der Waals surface area contributed by atoms with Crippen molar-refractivity contribution in [3.05, 3.63) is 81.1 Å². The molecule has 4 N–H and O–H groups in total. The van der Waals surface area contributed by atoms with Gasteiger partial charge in [0.1, 0.15) is 19.0 Å². The summed E-state index contributed by atoms with van der Waals surface area (Å²) in [6.07, 6.45) is 6.57. The maximum absolute atomic E-state index is 13.2. The molecule has 0 atom stereocenters. The number of ether oxygens (including phenoxy) is 4. The van der Waals surface area contributed by atoms with Crippen molar-refractivity contribution in [3.8, 4) is 0 Å². The maximum Gasteiger partial charge on any atom is 0.338 e. The zero-order chi connectivity index (χ0) is 34.6. The third-order valence-electron chi connectivity index (χ3n) is 6.57. The molecule has 48 heavy (non-hydrogen) atoms. The number of carbonyl (C=O) groups excluding carboxylic acids is 2. The minimum absolute atomic E-state index is 0.00549. The Morgan fingerprint density at radius 3 is 2.12 bits per heavy atom. The summed E-state index contributed by atoms with van der Waals surface area (Å²) < 4.78 is 23.3. The fourth-order valence-electron chi connectivity index (χ4n) is 4.27. The van der Waals surface area contributed by atoms with E-state index in [1.165, 1.54) is 11.3 Å². The van der Waals surface area contributed by atoms with Crippen LogP contribution in [0.4, 0.5) is 0 Å². The molecule has 3 rings (SSSR count). The van der Waals surface area contributed by atoms with Gasteiger partial charge in [-0.05, 0) is 41.6 Å². The molecular formula is C31H42N4O12S. The molecule has 16 nitrogen and oxygen atoms in total. The molecule has 17 heteroatoms. The standard InChI is InChI=1S/C31H42N4O12S/c1-2-3-6-29-32-22-27(20-26(21-28-5-4-19-48-28)31(37)45-16-12-43-14-18-47-35(40)41)33(29)23-24-7-9-25(10-8-24)30(36)44-15-11-42-13-17-46-34(38)39/h4-5,7-10,19-20,22,38-41H,2-3,6,11-18,21,23H2,1H3/b26-20+. The molecular weight excluding hydrogens is 652 g/mol. The summed E-state index contributed by atoms with van der Waals surface area (Å²) in [6, 6.07) is 10.9. The summed E-state index contributed by atoms with van der Waals surface area (Å²) in [5.74, 6) is -0.136. The molecule has 0 aliphatic rings. The van der Waals surface area contributed by atoms with Crippen LogP contribution in [-0.4, -0.2) is 106 Å². The Morgan fingerprint density at radius 1 is 0.875 bits per heavy atom. The summed E-state index contributed by atoms with van der Waals surface area (Å²) in [4.78, 5) is 40.1. The van der Waals surface area contributed by atoms with E-state index in [-0.39, 0.29) is 52.9 Å². The number of aryl methyl sites for hydroxylation is 1. The second kappa shape index (κ2) is 22.1. The summed E-state index contributed by atoms with van der Waals surface area (Å²) in [7, 11) is 0. The minimum Gasteiger partial charge on any atom is -0.460 e. The second-order valence-electron chi connectivity index (χ2n) is 10.1. The number of thiophene rings is 1. The molecule has 1 aromatic carbocycles. The third kappa shape index (κ3) is 14.7. The van der Waals surface area contributed by atoms with Crippen LogP contribution in [0.3, 0.4) is 0 Å². The van der Waals surface area contributed by atoms with E-state index in [2.05, 4.69) is 21.6 Å². The average molecular weight is 695 g/mol. The van der Waals surface area contributed by atoms with E-state index in [1.54, 1.807) is 24.4 Å². The van der Waals surface area contributed by atoms with E-state index in [0.717, 1.165) is 41.2 Å². The van der Waals surface area contributed by atoms with Gasteiger partial charge in [0.2, 0.25) is 0 Å². The van der Waals surface area contributed by atoms with E-state index in [0.29, 0.717) is 24.1 Å². The first-order chi connectivity index (χ1) is 23.3. The lowest BCUT2D eigenvalue weighted by Gasteiger charge is -2.13. The van der Waals surface area contributed by atoms with Crippen molar-refractivity contribution in [1.29, 1.82) is 0 Å². The Labute approximate surface area is 281 Å². The molecule has 0 unspecified atom stereocenters. The van der Waals surface area contributed by atoms with Gasteiger partial charge in [-0.1, -0.05) is 31.5 Å². The van der Waals surface area contributed by atoms with Crippen LogP contribution in [0.5, 0.6) is 0 Å². The van der Waals surface area contributed by atoms with Crippen LogP contribution in [0.25, 0.3) is 6.08 Å². The highest BCUT2D eigenvalue weighted by atomic mass is 32.1. The maximum atomic E-state index is 13.2. The van der Waals surface area contributed by atoms with E-state index >= 15 is 0 Å². The van der Waals surface area contributed by atoms with Crippen LogP contribution in [0.15, 0.2) is 53.5 Å². The molecule has 2 aromatic heterocycles. The molecule has 0 saturated carbocycles. The first-order valence-electron chi connectivity index (χ1n) is 15.2. The normalized spacial score (nSPS) is 11.9. The lowest BCUT2D eigenvalue weighted by atomic mass is 10.1. The zero-order valence-corrected chi connectivity index (χ0v) is 27.5. The fourth-order valence-corrected chi connectivity index (χ4v) is 5.00. The number of hydrogen-bond donors (Lipinski definition) is 4. The minimum atomic E-state index is -0.509. The van der Waals surface area contributed by atoms with Crippen molar-refractivity contribution in [3.63, 3.8) is 0 Å². The highest BCUT2D eigenvalue weighted by Gasteiger charge is 2.17. The van der Waals surface area contributed by atoms with Crippen molar-refractivity contribution in [2.24, 2.45) is 0 Å². The summed E-state index contributed by atoms with van der Waals surface area (Å²) >= 11 is 1.53. The van der Waals surface area contributed by atoms with Gasteiger partial charge in [-0.25, -0.2) is 24.2 Å². The molecule has 264 valence electrons. The van der Waals surface area contributed by atoms with E-state index in [4.69, 9.17) is 39.8 Å². The molecule has 0 bridgehead atoms. The number of esters is 2. The molecule has 0 fully saturated rings. The molecule has 0 aliphatic heterocycles. The first kappa shape index (κ1) is 38.9. The van der Waals surface area contributed by atoms with Gasteiger partial charge in [-0.15, -0.1) is 11.3 Å². The number of nitrogens with zero attached hydrogens (tertiary/aromatic N) is 4. The van der Waals surface area contributed by atoms with Crippen molar-refractivity contribution in [2.45, 2.75) is 39.2 Å². The Hall–Kier alpha value is -3.59. The number of rotatable bonds is 24. The highest BCUT2D eigenvalue weighted by Crippen LogP contribution is 2.21. The lowest BCUT2D eigenvalue weighted by Crippen LogP contribution is -2.19. The van der Waals surface area contributed by atoms with Crippen molar-refractivity contribution in [2.75, 3.05) is 52.9 Å². The van der Waals surface area contributed by atoms with E-state index in [9.17, 15) is 9.59 Å². The monoisotopic (exact) mass is 694 g/mol. The van der Waals surface area contributed by atoms with Gasteiger partial charge < -0.3 is 23.5 Å². The van der Waals surface area contributed by atoms with Crippen molar-refractivity contribution in [1.82, 2.24) is 20.3 Å². The van der Waals surface area contributed by atoms with Crippen LogP contribution < -0.4 is 0 Å². The number of aromatic nitrogens is 2. The molecule has 0 spiro atoms. The van der Waals surface area contributed by atoms with E-state index < -0.39 is 22.7 Å². The Morgan fingerprint density at radius 2 is 1.52 bits per heavy atom. The van der Waals surface area contributed by atoms with Crippen LogP contribution in [-0.2, 0) is 52.8 Å². The quantitative estimate of drug-likeness (QED) is 0.0458. The molecule has 0 radical (unpaired) electrons. The van der Waals surface area contributed by atoms with Crippen LogP contribution in [0, 0.1) is 0 Å². The van der Waals surface area contributed by atoms with Gasteiger partial charge >= 0.3 is 11.9 Å². The number of carbonyl (C=O) groups is 2. The highest BCUT2D eigenvalue weighted by molar-refractivity contribution is 7.09.